The van der Waals surface area contributed by atoms with E-state index in [1.165, 1.54) is 11.1 Å². The minimum atomic E-state index is -3.20. The Morgan fingerprint density at radius 3 is 2.52 bits per heavy atom. The van der Waals surface area contributed by atoms with Crippen LogP contribution in [0.4, 0.5) is 0 Å². The van der Waals surface area contributed by atoms with Gasteiger partial charge in [0.15, 0.2) is 15.8 Å². The summed E-state index contributed by atoms with van der Waals surface area (Å²) in [7, 11) is -3.20. The van der Waals surface area contributed by atoms with Crippen LogP contribution in [0.1, 0.15) is 33.6 Å². The topological polar surface area (TPSA) is 83.5 Å². The summed E-state index contributed by atoms with van der Waals surface area (Å²) in [5.74, 6) is 0.751. The summed E-state index contributed by atoms with van der Waals surface area (Å²) in [6.45, 7) is 9.94. The monoisotopic (exact) mass is 408 g/mol. The molecular weight excluding hydrogens is 380 g/mol. The second kappa shape index (κ2) is 9.32. The van der Waals surface area contributed by atoms with Crippen molar-refractivity contribution in [2.45, 2.75) is 45.6 Å². The van der Waals surface area contributed by atoms with Gasteiger partial charge in [-0.2, -0.15) is 0 Å². The lowest BCUT2D eigenvalue weighted by atomic mass is 10.1. The minimum Gasteiger partial charge on any atom is -0.357 e. The predicted molar refractivity (Wildman–Crippen MR) is 112 cm³/mol. The van der Waals surface area contributed by atoms with Gasteiger partial charge >= 0.3 is 0 Å². The Morgan fingerprint density at radius 1 is 1.22 bits per heavy atom. The van der Waals surface area contributed by atoms with Gasteiger partial charge < -0.3 is 10.6 Å². The molecule has 2 N–H and O–H groups in total. The van der Waals surface area contributed by atoms with Gasteiger partial charge in [-0.05, 0) is 44.9 Å². The van der Waals surface area contributed by atoms with Crippen molar-refractivity contribution in [2.24, 2.45) is 4.99 Å². The normalized spacial score (nSPS) is 12.3. The highest BCUT2D eigenvalue weighted by Gasteiger charge is 2.11. The molecule has 0 aliphatic rings. The summed E-state index contributed by atoms with van der Waals surface area (Å²) >= 11 is 1.73. The molecule has 0 spiro atoms. The zero-order chi connectivity index (χ0) is 20.0. The van der Waals surface area contributed by atoms with Gasteiger partial charge in [0, 0.05) is 30.6 Å². The van der Waals surface area contributed by atoms with E-state index in [2.05, 4.69) is 20.6 Å². The lowest BCUT2D eigenvalue weighted by Crippen LogP contribution is -2.38. The van der Waals surface area contributed by atoms with Gasteiger partial charge in [-0.25, -0.2) is 18.4 Å². The molecule has 0 amide bonds. The van der Waals surface area contributed by atoms with Crippen molar-refractivity contribution in [2.75, 3.05) is 19.3 Å². The first kappa shape index (κ1) is 21.4. The number of sulfone groups is 1. The van der Waals surface area contributed by atoms with Crippen molar-refractivity contribution in [1.82, 2.24) is 15.6 Å². The Balaban J connectivity index is 2.00. The first-order valence-corrected chi connectivity index (χ1v) is 11.7. The second-order valence-electron chi connectivity index (χ2n) is 6.49. The molecule has 0 fully saturated rings. The van der Waals surface area contributed by atoms with E-state index in [1.54, 1.807) is 17.4 Å². The zero-order valence-electron chi connectivity index (χ0n) is 16.6. The maximum atomic E-state index is 11.7. The third kappa shape index (κ3) is 6.32. The number of nitrogens with one attached hydrogen (secondary N) is 2. The summed E-state index contributed by atoms with van der Waals surface area (Å²) in [6.07, 6.45) is 2.14. The quantitative estimate of drug-likeness (QED) is 0.544. The van der Waals surface area contributed by atoms with Gasteiger partial charge in [0.25, 0.3) is 0 Å². The number of nitrogens with zero attached hydrogens (tertiary/aromatic N) is 2. The SMILES string of the molecule is CCNC(=NCc1ccc(S(C)(=O)=O)c(C)c1)NCCc1sc(C)nc1C. The standard InChI is InChI=1S/C19H28N4O2S2/c1-6-20-19(21-10-9-17-14(3)23-15(4)26-17)22-12-16-7-8-18(13(2)11-16)27(5,24)25/h7-8,11H,6,9-10,12H2,1-5H3,(H2,20,21,22). The Labute approximate surface area is 166 Å². The van der Waals surface area contributed by atoms with E-state index in [-0.39, 0.29) is 0 Å². The lowest BCUT2D eigenvalue weighted by Gasteiger charge is -2.11. The van der Waals surface area contributed by atoms with E-state index >= 15 is 0 Å². The van der Waals surface area contributed by atoms with E-state index in [0.717, 1.165) is 47.3 Å². The van der Waals surface area contributed by atoms with Crippen LogP contribution in [0, 0.1) is 20.8 Å². The smallest absolute Gasteiger partial charge is 0.191 e. The maximum absolute atomic E-state index is 11.7. The molecule has 27 heavy (non-hydrogen) atoms. The van der Waals surface area contributed by atoms with Crippen molar-refractivity contribution >= 4 is 27.1 Å². The summed E-state index contributed by atoms with van der Waals surface area (Å²) < 4.78 is 23.5. The summed E-state index contributed by atoms with van der Waals surface area (Å²) in [4.78, 5) is 10.7. The highest BCUT2D eigenvalue weighted by atomic mass is 32.2. The van der Waals surface area contributed by atoms with Crippen LogP contribution in [-0.4, -0.2) is 38.7 Å². The lowest BCUT2D eigenvalue weighted by molar-refractivity contribution is 0.601. The Morgan fingerprint density at radius 2 is 1.96 bits per heavy atom. The molecule has 0 unspecified atom stereocenters. The van der Waals surface area contributed by atoms with Crippen LogP contribution in [0.3, 0.4) is 0 Å². The molecule has 148 valence electrons. The number of thiazole rings is 1. The molecule has 1 heterocycles. The fourth-order valence-corrected chi connectivity index (χ4v) is 4.73. The summed E-state index contributed by atoms with van der Waals surface area (Å²) in [5, 5.41) is 7.68. The molecule has 0 saturated heterocycles. The molecule has 0 radical (unpaired) electrons. The highest BCUT2D eigenvalue weighted by Crippen LogP contribution is 2.18. The van der Waals surface area contributed by atoms with Crippen LogP contribution in [0.25, 0.3) is 0 Å². The number of aryl methyl sites for hydroxylation is 3. The summed E-state index contributed by atoms with van der Waals surface area (Å²) in [6, 6.07) is 5.36. The number of rotatable bonds is 7. The van der Waals surface area contributed by atoms with E-state index in [4.69, 9.17) is 0 Å². The molecule has 2 aromatic rings. The van der Waals surface area contributed by atoms with Gasteiger partial charge in [-0.15, -0.1) is 11.3 Å². The minimum absolute atomic E-state index is 0.371. The largest absolute Gasteiger partial charge is 0.357 e. The fraction of sp³-hybridized carbons (Fsp3) is 0.474. The second-order valence-corrected chi connectivity index (χ2v) is 9.76. The number of hydrogen-bond donors (Lipinski definition) is 2. The van der Waals surface area contributed by atoms with Crippen LogP contribution < -0.4 is 10.6 Å². The number of guanidine groups is 1. The molecule has 1 aromatic carbocycles. The van der Waals surface area contributed by atoms with Crippen molar-refractivity contribution in [3.8, 4) is 0 Å². The fourth-order valence-electron chi connectivity index (χ4n) is 2.84. The molecule has 0 atom stereocenters. The van der Waals surface area contributed by atoms with Gasteiger partial charge in [0.05, 0.1) is 22.1 Å². The number of hydrogen-bond acceptors (Lipinski definition) is 5. The zero-order valence-corrected chi connectivity index (χ0v) is 18.2. The third-order valence-corrected chi connectivity index (χ3v) is 6.44. The van der Waals surface area contributed by atoms with Crippen molar-refractivity contribution in [3.63, 3.8) is 0 Å². The van der Waals surface area contributed by atoms with Gasteiger partial charge in [-0.3, -0.25) is 0 Å². The molecule has 8 heteroatoms. The Hall–Kier alpha value is -1.93. The number of aromatic nitrogens is 1. The van der Waals surface area contributed by atoms with E-state index in [1.807, 2.05) is 39.8 Å². The predicted octanol–water partition coefficient (Wildman–Crippen LogP) is 2.77. The molecule has 0 bridgehead atoms. The Kier molecular flexibility index (Phi) is 7.38. The molecular formula is C19H28N4O2S2. The van der Waals surface area contributed by atoms with Crippen LogP contribution in [0.5, 0.6) is 0 Å². The maximum Gasteiger partial charge on any atom is 0.191 e. The van der Waals surface area contributed by atoms with E-state index in [0.29, 0.717) is 11.4 Å². The van der Waals surface area contributed by atoms with Gasteiger partial charge in [-0.1, -0.05) is 12.1 Å². The van der Waals surface area contributed by atoms with Gasteiger partial charge in [0.1, 0.15) is 0 Å². The molecule has 6 nitrogen and oxygen atoms in total. The summed E-state index contributed by atoms with van der Waals surface area (Å²) in [5.41, 5.74) is 2.83. The van der Waals surface area contributed by atoms with E-state index < -0.39 is 9.84 Å². The number of aliphatic imine (C=N–C) groups is 1. The first-order valence-electron chi connectivity index (χ1n) is 8.95. The third-order valence-electron chi connectivity index (χ3n) is 4.05. The van der Waals surface area contributed by atoms with E-state index in [9.17, 15) is 8.42 Å². The number of benzene rings is 1. The average molecular weight is 409 g/mol. The Bertz CT molecular complexity index is 918. The van der Waals surface area contributed by atoms with Crippen LogP contribution in [0.2, 0.25) is 0 Å². The molecule has 1 aromatic heterocycles. The molecule has 0 aliphatic carbocycles. The molecule has 0 saturated carbocycles. The average Bonchev–Trinajstić information content (AvgIpc) is 2.89. The van der Waals surface area contributed by atoms with Crippen LogP contribution >= 0.6 is 11.3 Å². The highest BCUT2D eigenvalue weighted by molar-refractivity contribution is 7.90. The van der Waals surface area contributed by atoms with Crippen LogP contribution in [0.15, 0.2) is 28.1 Å². The van der Waals surface area contributed by atoms with Crippen molar-refractivity contribution in [3.05, 3.63) is 44.9 Å². The van der Waals surface area contributed by atoms with Crippen molar-refractivity contribution < 1.29 is 8.42 Å². The van der Waals surface area contributed by atoms with Crippen LogP contribution in [-0.2, 0) is 22.8 Å². The first-order chi connectivity index (χ1) is 12.7. The molecule has 0 aliphatic heterocycles. The van der Waals surface area contributed by atoms with Crippen molar-refractivity contribution in [1.29, 1.82) is 0 Å². The molecule has 2 rings (SSSR count). The van der Waals surface area contributed by atoms with Gasteiger partial charge in [0.2, 0.25) is 0 Å².